The zero-order valence-corrected chi connectivity index (χ0v) is 16.1. The van der Waals surface area contributed by atoms with E-state index < -0.39 is 0 Å². The highest BCUT2D eigenvalue weighted by molar-refractivity contribution is 5.96. The molecule has 2 N–H and O–H groups in total. The van der Waals surface area contributed by atoms with Gasteiger partial charge in [0.1, 0.15) is 0 Å². The molecule has 1 fully saturated rings. The van der Waals surface area contributed by atoms with Crippen molar-refractivity contribution >= 4 is 23.3 Å². The maximum atomic E-state index is 12.3. The fraction of sp³-hybridized carbons (Fsp3) is 0.364. The molecule has 28 heavy (non-hydrogen) atoms. The van der Waals surface area contributed by atoms with Crippen LogP contribution in [0.4, 0.5) is 16.2 Å². The molecular formula is C22H26N4O2. The summed E-state index contributed by atoms with van der Waals surface area (Å²) < 4.78 is 0. The fourth-order valence-corrected chi connectivity index (χ4v) is 3.98. The first-order valence-electron chi connectivity index (χ1n) is 9.82. The Balaban J connectivity index is 1.29. The minimum absolute atomic E-state index is 0.164. The van der Waals surface area contributed by atoms with Gasteiger partial charge in [0, 0.05) is 43.5 Å². The van der Waals surface area contributed by atoms with E-state index in [0.717, 1.165) is 37.3 Å². The van der Waals surface area contributed by atoms with E-state index in [-0.39, 0.29) is 18.0 Å². The van der Waals surface area contributed by atoms with Gasteiger partial charge in [0.2, 0.25) is 5.91 Å². The number of hydrogen-bond acceptors (Lipinski definition) is 3. The number of nitrogens with one attached hydrogen (secondary N) is 2. The molecule has 146 valence electrons. The largest absolute Gasteiger partial charge is 0.336 e. The van der Waals surface area contributed by atoms with Crippen LogP contribution >= 0.6 is 0 Å². The molecule has 2 aromatic rings. The average Bonchev–Trinajstić information content (AvgIpc) is 3.13. The van der Waals surface area contributed by atoms with Crippen LogP contribution in [-0.4, -0.2) is 43.0 Å². The Labute approximate surface area is 165 Å². The number of carbonyl (C=O) groups is 2. The summed E-state index contributed by atoms with van der Waals surface area (Å²) in [5, 5.41) is 5.86. The van der Waals surface area contributed by atoms with Crippen molar-refractivity contribution in [3.8, 4) is 0 Å². The van der Waals surface area contributed by atoms with Crippen molar-refractivity contribution in [2.75, 3.05) is 30.4 Å². The molecule has 2 aromatic carbocycles. The van der Waals surface area contributed by atoms with Gasteiger partial charge in [-0.25, -0.2) is 4.79 Å². The van der Waals surface area contributed by atoms with Gasteiger partial charge in [-0.3, -0.25) is 9.69 Å². The van der Waals surface area contributed by atoms with Crippen LogP contribution in [0.15, 0.2) is 48.5 Å². The van der Waals surface area contributed by atoms with Crippen LogP contribution in [0.25, 0.3) is 0 Å². The maximum absolute atomic E-state index is 12.3. The monoisotopic (exact) mass is 378 g/mol. The quantitative estimate of drug-likeness (QED) is 0.860. The topological polar surface area (TPSA) is 64.7 Å². The molecule has 4 rings (SSSR count). The first kappa shape index (κ1) is 18.5. The summed E-state index contributed by atoms with van der Waals surface area (Å²) in [5.74, 6) is 0.164. The van der Waals surface area contributed by atoms with Crippen LogP contribution in [0.5, 0.6) is 0 Å². The lowest BCUT2D eigenvalue weighted by Gasteiger charge is -2.34. The van der Waals surface area contributed by atoms with Crippen molar-refractivity contribution in [2.24, 2.45) is 0 Å². The molecule has 2 aliphatic heterocycles. The first-order chi connectivity index (χ1) is 13.6. The van der Waals surface area contributed by atoms with Gasteiger partial charge in [-0.15, -0.1) is 0 Å². The molecule has 3 amide bonds. The average molecular weight is 378 g/mol. The minimum Gasteiger partial charge on any atom is -0.336 e. The minimum atomic E-state index is -0.211. The van der Waals surface area contributed by atoms with E-state index in [4.69, 9.17) is 0 Å². The van der Waals surface area contributed by atoms with Crippen LogP contribution in [0, 0.1) is 0 Å². The highest BCUT2D eigenvalue weighted by Gasteiger charge is 2.23. The van der Waals surface area contributed by atoms with Crippen molar-refractivity contribution in [1.29, 1.82) is 0 Å². The summed E-state index contributed by atoms with van der Waals surface area (Å²) in [6.07, 6.45) is 2.45. The van der Waals surface area contributed by atoms with Gasteiger partial charge < -0.3 is 15.5 Å². The van der Waals surface area contributed by atoms with Crippen molar-refractivity contribution in [2.45, 2.75) is 31.8 Å². The van der Waals surface area contributed by atoms with Crippen molar-refractivity contribution in [1.82, 2.24) is 10.2 Å². The molecule has 0 radical (unpaired) electrons. The Hall–Kier alpha value is -2.86. The lowest BCUT2D eigenvalue weighted by Crippen LogP contribution is -2.46. The standard InChI is InChI=1S/C22H26N4O2/c1-25-15-17-6-3-2-5-16(17)13-20(25)14-23-22(28)24-18-8-10-19(11-9-18)26-12-4-7-21(26)27/h2-3,5-6,8-11,20H,4,7,12-15H2,1H3,(H2,23,24,28)/t20-/m1/s1. The van der Waals surface area contributed by atoms with Crippen molar-refractivity contribution < 1.29 is 9.59 Å². The molecule has 0 saturated carbocycles. The van der Waals surface area contributed by atoms with E-state index in [2.05, 4.69) is 46.8 Å². The van der Waals surface area contributed by atoms with Gasteiger partial charge in [-0.05, 0) is 55.3 Å². The zero-order valence-electron chi connectivity index (χ0n) is 16.1. The molecule has 1 saturated heterocycles. The molecule has 0 aliphatic carbocycles. The lowest BCUT2D eigenvalue weighted by molar-refractivity contribution is -0.117. The van der Waals surface area contributed by atoms with Crippen LogP contribution in [0.2, 0.25) is 0 Å². The third-order valence-corrected chi connectivity index (χ3v) is 5.63. The van der Waals surface area contributed by atoms with Crippen LogP contribution in [0.1, 0.15) is 24.0 Å². The number of anilines is 2. The van der Waals surface area contributed by atoms with Gasteiger partial charge in [-0.1, -0.05) is 24.3 Å². The second kappa shape index (κ2) is 8.02. The van der Waals surface area contributed by atoms with E-state index >= 15 is 0 Å². The summed E-state index contributed by atoms with van der Waals surface area (Å²) in [7, 11) is 2.10. The molecule has 6 heteroatoms. The number of amides is 3. The number of nitrogens with zero attached hydrogens (tertiary/aromatic N) is 2. The molecule has 0 aromatic heterocycles. The normalized spacial score (nSPS) is 19.4. The van der Waals surface area contributed by atoms with Crippen LogP contribution < -0.4 is 15.5 Å². The number of hydrogen-bond donors (Lipinski definition) is 2. The fourth-order valence-electron chi connectivity index (χ4n) is 3.98. The summed E-state index contributed by atoms with van der Waals surface area (Å²) in [5.41, 5.74) is 4.33. The number of carbonyl (C=O) groups excluding carboxylic acids is 2. The summed E-state index contributed by atoms with van der Waals surface area (Å²) >= 11 is 0. The molecule has 2 heterocycles. The second-order valence-corrected chi connectivity index (χ2v) is 7.57. The van der Waals surface area contributed by atoms with Crippen LogP contribution in [0.3, 0.4) is 0 Å². The van der Waals surface area contributed by atoms with Gasteiger partial charge in [0.15, 0.2) is 0 Å². The number of benzene rings is 2. The van der Waals surface area contributed by atoms with Gasteiger partial charge >= 0.3 is 6.03 Å². The SMILES string of the molecule is CN1Cc2ccccc2C[C@@H]1CNC(=O)Nc1ccc(N2CCCC2=O)cc1. The van der Waals surface area contributed by atoms with E-state index in [1.807, 2.05) is 24.3 Å². The molecule has 0 spiro atoms. The predicted molar refractivity (Wildman–Crippen MR) is 110 cm³/mol. The smallest absolute Gasteiger partial charge is 0.319 e. The number of fused-ring (bicyclic) bond motifs is 1. The van der Waals surface area contributed by atoms with Gasteiger partial charge in [-0.2, -0.15) is 0 Å². The van der Waals surface area contributed by atoms with E-state index in [9.17, 15) is 9.59 Å². The summed E-state index contributed by atoms with van der Waals surface area (Å²) in [4.78, 5) is 28.2. The summed E-state index contributed by atoms with van der Waals surface area (Å²) in [6.45, 7) is 2.27. The highest BCUT2D eigenvalue weighted by Crippen LogP contribution is 2.23. The Morgan fingerprint density at radius 1 is 1.11 bits per heavy atom. The third-order valence-electron chi connectivity index (χ3n) is 5.63. The number of rotatable bonds is 4. The molecule has 0 unspecified atom stereocenters. The van der Waals surface area contributed by atoms with Crippen LogP contribution in [-0.2, 0) is 17.8 Å². The first-order valence-corrected chi connectivity index (χ1v) is 9.82. The molecule has 1 atom stereocenters. The van der Waals surface area contributed by atoms with Gasteiger partial charge in [0.25, 0.3) is 0 Å². The zero-order chi connectivity index (χ0) is 19.5. The van der Waals surface area contributed by atoms with E-state index in [1.165, 1.54) is 11.1 Å². The van der Waals surface area contributed by atoms with E-state index in [1.54, 1.807) is 4.90 Å². The predicted octanol–water partition coefficient (Wildman–Crippen LogP) is 2.99. The maximum Gasteiger partial charge on any atom is 0.319 e. The molecule has 6 nitrogen and oxygen atoms in total. The molecule has 0 bridgehead atoms. The molecular weight excluding hydrogens is 352 g/mol. The third kappa shape index (κ3) is 4.02. The Morgan fingerprint density at radius 3 is 2.57 bits per heavy atom. The number of likely N-dealkylation sites (N-methyl/N-ethyl adjacent to an activating group) is 1. The second-order valence-electron chi connectivity index (χ2n) is 7.57. The Kier molecular flexibility index (Phi) is 5.30. The highest BCUT2D eigenvalue weighted by atomic mass is 16.2. The molecule has 2 aliphatic rings. The van der Waals surface area contributed by atoms with E-state index in [0.29, 0.717) is 13.0 Å². The summed E-state index contributed by atoms with van der Waals surface area (Å²) in [6, 6.07) is 16.0. The lowest BCUT2D eigenvalue weighted by atomic mass is 9.94. The number of urea groups is 1. The van der Waals surface area contributed by atoms with Gasteiger partial charge in [0.05, 0.1) is 0 Å². The van der Waals surface area contributed by atoms with Crippen molar-refractivity contribution in [3.63, 3.8) is 0 Å². The van der Waals surface area contributed by atoms with Crippen molar-refractivity contribution in [3.05, 3.63) is 59.7 Å². The Bertz CT molecular complexity index is 865. The Morgan fingerprint density at radius 2 is 1.86 bits per heavy atom.